The summed E-state index contributed by atoms with van der Waals surface area (Å²) in [7, 11) is 0. The highest BCUT2D eigenvalue weighted by Crippen LogP contribution is 2.27. The number of halogens is 3. The van der Waals surface area contributed by atoms with Crippen LogP contribution in [0, 0.1) is 11.3 Å². The zero-order valence-electron chi connectivity index (χ0n) is 8.73. The Bertz CT molecular complexity index is 207. The van der Waals surface area contributed by atoms with Crippen LogP contribution in [0.3, 0.4) is 0 Å². The van der Waals surface area contributed by atoms with Gasteiger partial charge in [0.25, 0.3) is 0 Å². The van der Waals surface area contributed by atoms with Crippen molar-refractivity contribution in [2.45, 2.75) is 33.9 Å². The first-order valence-corrected chi connectivity index (χ1v) is 4.31. The monoisotopic (exact) mass is 212 g/mol. The molecule has 0 unspecified atom stereocenters. The van der Waals surface area contributed by atoms with Crippen molar-refractivity contribution >= 4 is 5.97 Å². The van der Waals surface area contributed by atoms with Crippen molar-refractivity contribution in [1.29, 1.82) is 0 Å². The highest BCUT2D eigenvalue weighted by Gasteiger charge is 2.41. The zero-order valence-corrected chi connectivity index (χ0v) is 8.73. The van der Waals surface area contributed by atoms with Crippen molar-refractivity contribution in [1.82, 2.24) is 0 Å². The van der Waals surface area contributed by atoms with E-state index in [0.717, 1.165) is 0 Å². The molecule has 0 heterocycles. The molecule has 0 saturated carbocycles. The summed E-state index contributed by atoms with van der Waals surface area (Å²) in [4.78, 5) is 10.4. The molecule has 0 aromatic carbocycles. The highest BCUT2D eigenvalue weighted by atomic mass is 19.4. The lowest BCUT2D eigenvalue weighted by Crippen LogP contribution is -2.32. The normalized spacial score (nSPS) is 13.1. The van der Waals surface area contributed by atoms with E-state index in [0.29, 0.717) is 0 Å². The topological polar surface area (TPSA) is 26.3 Å². The Labute approximate surface area is 81.4 Å². The second-order valence-electron chi connectivity index (χ2n) is 4.22. The molecule has 0 aliphatic heterocycles. The van der Waals surface area contributed by atoms with E-state index in [-0.39, 0.29) is 12.5 Å². The second-order valence-corrected chi connectivity index (χ2v) is 4.22. The van der Waals surface area contributed by atoms with Gasteiger partial charge < -0.3 is 4.74 Å². The standard InChI is InChI=1S/C9H15F3O2/c1-6(2)8(3,4)5-14-7(13)9(10,11)12/h6H,5H2,1-4H3. The Hall–Kier alpha value is -0.740. The number of carbonyl (C=O) groups is 1. The Kier molecular flexibility index (Phi) is 3.97. The van der Waals surface area contributed by atoms with Crippen LogP contribution in [0.1, 0.15) is 27.7 Å². The summed E-state index contributed by atoms with van der Waals surface area (Å²) >= 11 is 0. The number of esters is 1. The number of ether oxygens (including phenoxy) is 1. The van der Waals surface area contributed by atoms with Gasteiger partial charge in [0.2, 0.25) is 0 Å². The average Bonchev–Trinajstić information content (AvgIpc) is 1.98. The van der Waals surface area contributed by atoms with Crippen LogP contribution in [0.25, 0.3) is 0 Å². The second kappa shape index (κ2) is 4.19. The van der Waals surface area contributed by atoms with Gasteiger partial charge in [-0.3, -0.25) is 0 Å². The molecule has 0 amide bonds. The summed E-state index contributed by atoms with van der Waals surface area (Å²) in [6.07, 6.45) is -4.90. The van der Waals surface area contributed by atoms with Crippen LogP contribution in [0.2, 0.25) is 0 Å². The number of alkyl halides is 3. The number of rotatable bonds is 3. The molecular weight excluding hydrogens is 197 g/mol. The first-order chi connectivity index (χ1) is 6.07. The fraction of sp³-hybridized carbons (Fsp3) is 0.889. The third-order valence-corrected chi connectivity index (χ3v) is 2.37. The van der Waals surface area contributed by atoms with Crippen molar-refractivity contribution in [2.24, 2.45) is 11.3 Å². The Morgan fingerprint density at radius 1 is 1.29 bits per heavy atom. The summed E-state index contributed by atoms with van der Waals surface area (Å²) in [5.41, 5.74) is -0.444. The molecule has 0 bridgehead atoms. The fourth-order valence-corrected chi connectivity index (χ4v) is 0.500. The van der Waals surface area contributed by atoms with Crippen LogP contribution in [0.5, 0.6) is 0 Å². The summed E-state index contributed by atoms with van der Waals surface area (Å²) in [5.74, 6) is -1.98. The van der Waals surface area contributed by atoms with Gasteiger partial charge >= 0.3 is 12.1 Å². The summed E-state index contributed by atoms with van der Waals surface area (Å²) in [5, 5.41) is 0. The minimum absolute atomic E-state index is 0.142. The Balaban J connectivity index is 4.14. The molecule has 0 spiro atoms. The SMILES string of the molecule is CC(C)C(C)(C)COC(=O)C(F)(F)F. The average molecular weight is 212 g/mol. The van der Waals surface area contributed by atoms with Gasteiger partial charge in [-0.2, -0.15) is 13.2 Å². The van der Waals surface area contributed by atoms with E-state index in [1.165, 1.54) is 0 Å². The maximum Gasteiger partial charge on any atom is 0.490 e. The molecule has 0 fully saturated rings. The van der Waals surface area contributed by atoms with Crippen LogP contribution in [-0.4, -0.2) is 18.8 Å². The first-order valence-electron chi connectivity index (χ1n) is 4.31. The molecule has 5 heteroatoms. The van der Waals surface area contributed by atoms with Crippen molar-refractivity contribution in [2.75, 3.05) is 6.61 Å². The molecule has 0 rings (SSSR count). The van der Waals surface area contributed by atoms with E-state index in [4.69, 9.17) is 0 Å². The van der Waals surface area contributed by atoms with Crippen LogP contribution in [0.4, 0.5) is 13.2 Å². The van der Waals surface area contributed by atoms with Gasteiger partial charge in [0.1, 0.15) is 0 Å². The predicted octanol–water partition coefficient (Wildman–Crippen LogP) is 2.77. The van der Waals surface area contributed by atoms with Gasteiger partial charge in [-0.05, 0) is 5.92 Å². The molecular formula is C9H15F3O2. The lowest BCUT2D eigenvalue weighted by Gasteiger charge is -2.28. The van der Waals surface area contributed by atoms with E-state index in [1.807, 2.05) is 13.8 Å². The highest BCUT2D eigenvalue weighted by molar-refractivity contribution is 5.75. The van der Waals surface area contributed by atoms with Gasteiger partial charge in [0.15, 0.2) is 0 Å². The molecule has 0 aromatic heterocycles. The van der Waals surface area contributed by atoms with E-state index >= 15 is 0 Å². The fourth-order valence-electron chi connectivity index (χ4n) is 0.500. The van der Waals surface area contributed by atoms with Crippen LogP contribution in [-0.2, 0) is 9.53 Å². The van der Waals surface area contributed by atoms with Crippen molar-refractivity contribution in [3.8, 4) is 0 Å². The maximum absolute atomic E-state index is 11.8. The molecule has 0 saturated heterocycles. The van der Waals surface area contributed by atoms with Gasteiger partial charge in [0, 0.05) is 5.41 Å². The minimum atomic E-state index is -4.90. The van der Waals surface area contributed by atoms with Crippen molar-refractivity contribution in [3.63, 3.8) is 0 Å². The van der Waals surface area contributed by atoms with E-state index in [1.54, 1.807) is 13.8 Å². The van der Waals surface area contributed by atoms with Crippen LogP contribution < -0.4 is 0 Å². The van der Waals surface area contributed by atoms with Crippen LogP contribution in [0.15, 0.2) is 0 Å². The minimum Gasteiger partial charge on any atom is -0.458 e. The number of hydrogen-bond donors (Lipinski definition) is 0. The van der Waals surface area contributed by atoms with Gasteiger partial charge in [0.05, 0.1) is 6.61 Å². The van der Waals surface area contributed by atoms with Crippen molar-refractivity contribution in [3.05, 3.63) is 0 Å². The van der Waals surface area contributed by atoms with Gasteiger partial charge in [-0.1, -0.05) is 27.7 Å². The Morgan fingerprint density at radius 2 is 1.71 bits per heavy atom. The molecule has 0 N–H and O–H groups in total. The van der Waals surface area contributed by atoms with Crippen LogP contribution >= 0.6 is 0 Å². The summed E-state index contributed by atoms with van der Waals surface area (Å²) in [6.45, 7) is 7.01. The van der Waals surface area contributed by atoms with E-state index in [9.17, 15) is 18.0 Å². The molecule has 0 aromatic rings. The van der Waals surface area contributed by atoms with Gasteiger partial charge in [-0.15, -0.1) is 0 Å². The number of hydrogen-bond acceptors (Lipinski definition) is 2. The Morgan fingerprint density at radius 3 is 2.00 bits per heavy atom. The molecule has 0 aliphatic carbocycles. The maximum atomic E-state index is 11.8. The predicted molar refractivity (Wildman–Crippen MR) is 45.6 cm³/mol. The van der Waals surface area contributed by atoms with E-state index in [2.05, 4.69) is 4.74 Å². The lowest BCUT2D eigenvalue weighted by molar-refractivity contribution is -0.202. The quantitative estimate of drug-likeness (QED) is 0.672. The van der Waals surface area contributed by atoms with E-state index < -0.39 is 17.6 Å². The van der Waals surface area contributed by atoms with Crippen molar-refractivity contribution < 1.29 is 22.7 Å². The molecule has 0 atom stereocenters. The third-order valence-electron chi connectivity index (χ3n) is 2.37. The summed E-state index contributed by atoms with van der Waals surface area (Å²) < 4.78 is 39.4. The number of carbonyl (C=O) groups excluding carboxylic acids is 1. The lowest BCUT2D eigenvalue weighted by atomic mass is 9.82. The molecule has 0 aliphatic rings. The zero-order chi connectivity index (χ0) is 11.6. The largest absolute Gasteiger partial charge is 0.490 e. The smallest absolute Gasteiger partial charge is 0.458 e. The molecule has 14 heavy (non-hydrogen) atoms. The first kappa shape index (κ1) is 13.3. The summed E-state index contributed by atoms with van der Waals surface area (Å²) in [6, 6.07) is 0. The third kappa shape index (κ3) is 3.98. The van der Waals surface area contributed by atoms with Gasteiger partial charge in [-0.25, -0.2) is 4.79 Å². The molecule has 0 radical (unpaired) electrons. The molecule has 2 nitrogen and oxygen atoms in total. The molecule has 84 valence electrons.